The van der Waals surface area contributed by atoms with Crippen molar-refractivity contribution in [3.63, 3.8) is 0 Å². The van der Waals surface area contributed by atoms with E-state index in [0.29, 0.717) is 6.04 Å². The molecule has 0 spiro atoms. The van der Waals surface area contributed by atoms with Crippen LogP contribution in [0, 0.1) is 0 Å². The minimum atomic E-state index is 0.427. The topological polar surface area (TPSA) is 48.1 Å². The predicted molar refractivity (Wildman–Crippen MR) is 109 cm³/mol. The SMILES string of the molecule is NC(=NC1CC(N2CCCCC2)C1)N1CCN(c2ccc(Cl)cc2)CC1. The van der Waals surface area contributed by atoms with E-state index in [1.54, 1.807) is 0 Å². The van der Waals surface area contributed by atoms with Crippen LogP contribution in [0.2, 0.25) is 5.02 Å². The normalized spacial score (nSPS) is 28.1. The van der Waals surface area contributed by atoms with Gasteiger partial charge in [-0.1, -0.05) is 18.0 Å². The van der Waals surface area contributed by atoms with Gasteiger partial charge >= 0.3 is 0 Å². The fourth-order valence-electron chi connectivity index (χ4n) is 4.36. The van der Waals surface area contributed by atoms with Gasteiger partial charge in [-0.2, -0.15) is 0 Å². The van der Waals surface area contributed by atoms with Crippen LogP contribution in [0.5, 0.6) is 0 Å². The highest BCUT2D eigenvalue weighted by Crippen LogP contribution is 2.30. The third kappa shape index (κ3) is 4.09. The summed E-state index contributed by atoms with van der Waals surface area (Å²) < 4.78 is 0. The van der Waals surface area contributed by atoms with Gasteiger partial charge in [-0.05, 0) is 63.0 Å². The average molecular weight is 376 g/mol. The van der Waals surface area contributed by atoms with Gasteiger partial charge in [-0.25, -0.2) is 4.99 Å². The fraction of sp³-hybridized carbons (Fsp3) is 0.650. The minimum absolute atomic E-state index is 0.427. The molecular formula is C20H30ClN5. The van der Waals surface area contributed by atoms with Gasteiger partial charge in [-0.3, -0.25) is 0 Å². The van der Waals surface area contributed by atoms with Crippen LogP contribution in [0.3, 0.4) is 0 Å². The highest BCUT2D eigenvalue weighted by molar-refractivity contribution is 6.30. The summed E-state index contributed by atoms with van der Waals surface area (Å²) in [6, 6.07) is 9.26. The van der Waals surface area contributed by atoms with E-state index in [-0.39, 0.29) is 0 Å². The number of halogens is 1. The predicted octanol–water partition coefficient (Wildman–Crippen LogP) is 2.79. The van der Waals surface area contributed by atoms with Gasteiger partial charge in [-0.15, -0.1) is 0 Å². The van der Waals surface area contributed by atoms with E-state index >= 15 is 0 Å². The summed E-state index contributed by atoms with van der Waals surface area (Å²) in [5.74, 6) is 0.739. The van der Waals surface area contributed by atoms with Gasteiger partial charge < -0.3 is 20.4 Å². The Labute approximate surface area is 161 Å². The molecule has 4 rings (SSSR count). The number of nitrogens with zero attached hydrogens (tertiary/aromatic N) is 4. The van der Waals surface area contributed by atoms with Crippen molar-refractivity contribution < 1.29 is 0 Å². The first-order chi connectivity index (χ1) is 12.7. The number of piperidine rings is 1. The molecular weight excluding hydrogens is 346 g/mol. The Kier molecular flexibility index (Phi) is 5.55. The number of likely N-dealkylation sites (tertiary alicyclic amines) is 1. The molecule has 1 saturated carbocycles. The molecule has 1 aliphatic carbocycles. The molecule has 2 aliphatic heterocycles. The fourth-order valence-corrected chi connectivity index (χ4v) is 4.49. The average Bonchev–Trinajstić information content (AvgIpc) is 2.65. The second-order valence-electron chi connectivity index (χ2n) is 7.81. The summed E-state index contributed by atoms with van der Waals surface area (Å²) in [6.45, 7) is 6.37. The molecule has 26 heavy (non-hydrogen) atoms. The molecule has 2 saturated heterocycles. The lowest BCUT2D eigenvalue weighted by Crippen LogP contribution is -2.53. The lowest BCUT2D eigenvalue weighted by atomic mass is 9.85. The number of piperazine rings is 1. The van der Waals surface area contributed by atoms with Crippen LogP contribution in [-0.4, -0.2) is 67.1 Å². The molecule has 6 heteroatoms. The Bertz CT molecular complexity index is 612. The summed E-state index contributed by atoms with van der Waals surface area (Å²) >= 11 is 5.98. The van der Waals surface area contributed by atoms with Gasteiger partial charge in [0, 0.05) is 42.9 Å². The summed E-state index contributed by atoms with van der Waals surface area (Å²) in [4.78, 5) is 12.1. The lowest BCUT2D eigenvalue weighted by molar-refractivity contribution is 0.0908. The van der Waals surface area contributed by atoms with E-state index < -0.39 is 0 Å². The van der Waals surface area contributed by atoms with Crippen LogP contribution >= 0.6 is 11.6 Å². The van der Waals surface area contributed by atoms with Crippen molar-refractivity contribution in [1.29, 1.82) is 0 Å². The van der Waals surface area contributed by atoms with Gasteiger partial charge in [0.25, 0.3) is 0 Å². The molecule has 0 radical (unpaired) electrons. The molecule has 2 heterocycles. The molecule has 0 aromatic heterocycles. The van der Waals surface area contributed by atoms with E-state index in [1.807, 2.05) is 12.1 Å². The number of nitrogens with two attached hydrogens (primary N) is 1. The Morgan fingerprint density at radius 3 is 2.23 bits per heavy atom. The van der Waals surface area contributed by atoms with Crippen molar-refractivity contribution in [1.82, 2.24) is 9.80 Å². The highest BCUT2D eigenvalue weighted by Gasteiger charge is 2.34. The van der Waals surface area contributed by atoms with Crippen molar-refractivity contribution in [2.45, 2.75) is 44.2 Å². The number of anilines is 1. The summed E-state index contributed by atoms with van der Waals surface area (Å²) in [6.07, 6.45) is 6.51. The second-order valence-corrected chi connectivity index (χ2v) is 8.25. The summed E-state index contributed by atoms with van der Waals surface area (Å²) in [5.41, 5.74) is 7.54. The van der Waals surface area contributed by atoms with Gasteiger partial charge in [0.2, 0.25) is 0 Å². The number of aliphatic imine (C=N–C) groups is 1. The number of rotatable bonds is 3. The van der Waals surface area contributed by atoms with E-state index in [0.717, 1.165) is 43.2 Å². The van der Waals surface area contributed by atoms with Crippen LogP contribution in [0.15, 0.2) is 29.3 Å². The monoisotopic (exact) mass is 375 g/mol. The number of benzene rings is 1. The maximum absolute atomic E-state index is 6.31. The standard InChI is InChI=1S/C20H30ClN5/c21-16-4-6-18(7-5-16)25-10-12-26(13-11-25)20(22)23-17-14-19(15-17)24-8-2-1-3-9-24/h4-7,17,19H,1-3,8-15H2,(H2,22,23). The molecule has 0 amide bonds. The second kappa shape index (κ2) is 8.05. The lowest BCUT2D eigenvalue weighted by Gasteiger charge is -2.43. The van der Waals surface area contributed by atoms with Crippen molar-refractivity contribution >= 4 is 23.2 Å². The van der Waals surface area contributed by atoms with Crippen LogP contribution < -0.4 is 10.6 Å². The van der Waals surface area contributed by atoms with Gasteiger partial charge in [0.15, 0.2) is 5.96 Å². The summed E-state index contributed by atoms with van der Waals surface area (Å²) in [5, 5.41) is 0.784. The maximum atomic E-state index is 6.31. The number of guanidine groups is 1. The van der Waals surface area contributed by atoms with E-state index in [2.05, 4.69) is 26.8 Å². The molecule has 0 atom stereocenters. The first-order valence-electron chi connectivity index (χ1n) is 10.0. The van der Waals surface area contributed by atoms with Gasteiger partial charge in [0.05, 0.1) is 6.04 Å². The Balaban J connectivity index is 1.24. The molecule has 3 aliphatic rings. The number of hydrogen-bond acceptors (Lipinski definition) is 3. The quantitative estimate of drug-likeness (QED) is 0.652. The molecule has 2 N–H and O–H groups in total. The molecule has 1 aromatic carbocycles. The van der Waals surface area contributed by atoms with Crippen molar-refractivity contribution in [3.8, 4) is 0 Å². The first kappa shape index (κ1) is 17.9. The van der Waals surface area contributed by atoms with Crippen LogP contribution in [-0.2, 0) is 0 Å². The van der Waals surface area contributed by atoms with Crippen LogP contribution in [0.25, 0.3) is 0 Å². The number of hydrogen-bond donors (Lipinski definition) is 1. The van der Waals surface area contributed by atoms with E-state index in [1.165, 1.54) is 50.9 Å². The zero-order valence-electron chi connectivity index (χ0n) is 15.5. The van der Waals surface area contributed by atoms with Crippen molar-refractivity contribution in [2.24, 2.45) is 10.7 Å². The van der Waals surface area contributed by atoms with E-state index in [9.17, 15) is 0 Å². The zero-order valence-corrected chi connectivity index (χ0v) is 16.2. The van der Waals surface area contributed by atoms with Crippen LogP contribution in [0.1, 0.15) is 32.1 Å². The zero-order chi connectivity index (χ0) is 17.9. The van der Waals surface area contributed by atoms with E-state index in [4.69, 9.17) is 22.3 Å². The molecule has 3 fully saturated rings. The molecule has 0 unspecified atom stereocenters. The Morgan fingerprint density at radius 1 is 0.923 bits per heavy atom. The molecule has 5 nitrogen and oxygen atoms in total. The summed E-state index contributed by atoms with van der Waals surface area (Å²) in [7, 11) is 0. The first-order valence-corrected chi connectivity index (χ1v) is 10.4. The Morgan fingerprint density at radius 2 is 1.58 bits per heavy atom. The van der Waals surface area contributed by atoms with Crippen molar-refractivity contribution in [3.05, 3.63) is 29.3 Å². The highest BCUT2D eigenvalue weighted by atomic mass is 35.5. The van der Waals surface area contributed by atoms with Crippen LogP contribution in [0.4, 0.5) is 5.69 Å². The third-order valence-corrected chi connectivity index (χ3v) is 6.36. The maximum Gasteiger partial charge on any atom is 0.191 e. The minimum Gasteiger partial charge on any atom is -0.370 e. The van der Waals surface area contributed by atoms with Gasteiger partial charge in [0.1, 0.15) is 0 Å². The third-order valence-electron chi connectivity index (χ3n) is 6.11. The Hall–Kier alpha value is -1.46. The van der Waals surface area contributed by atoms with Crippen molar-refractivity contribution in [2.75, 3.05) is 44.2 Å². The molecule has 0 bridgehead atoms. The largest absolute Gasteiger partial charge is 0.370 e. The molecule has 1 aromatic rings. The molecule has 142 valence electrons. The smallest absolute Gasteiger partial charge is 0.191 e.